The molecule has 0 spiro atoms. The summed E-state index contributed by atoms with van der Waals surface area (Å²) in [4.78, 5) is 4.20. The zero-order chi connectivity index (χ0) is 13.5. The van der Waals surface area contributed by atoms with Crippen LogP contribution < -0.4 is 5.73 Å². The molecule has 1 unspecified atom stereocenters. The fourth-order valence-electron chi connectivity index (χ4n) is 2.14. The molecule has 0 amide bonds. The number of nitrogens with two attached hydrogens (primary N) is 1. The van der Waals surface area contributed by atoms with Crippen molar-refractivity contribution in [2.45, 2.75) is 39.0 Å². The van der Waals surface area contributed by atoms with E-state index in [2.05, 4.69) is 11.9 Å². The highest BCUT2D eigenvalue weighted by molar-refractivity contribution is 6.00. The van der Waals surface area contributed by atoms with E-state index >= 15 is 0 Å². The van der Waals surface area contributed by atoms with E-state index in [4.69, 9.17) is 5.73 Å². The van der Waals surface area contributed by atoms with Crippen LogP contribution in [0.25, 0.3) is 0 Å². The number of aliphatic imine (C=N–C) groups is 1. The first-order valence-electron chi connectivity index (χ1n) is 6.53. The molecular weight excluding hydrogens is 227 g/mol. The molecule has 0 aliphatic rings. The van der Waals surface area contributed by atoms with Gasteiger partial charge in [-0.05, 0) is 61.6 Å². The predicted molar refractivity (Wildman–Crippen MR) is 75.9 cm³/mol. The Hall–Kier alpha value is -1.22. The molecule has 1 rings (SSSR count). The monoisotopic (exact) mass is 250 g/mol. The van der Waals surface area contributed by atoms with Gasteiger partial charge in [0.2, 0.25) is 0 Å². The van der Waals surface area contributed by atoms with Gasteiger partial charge in [-0.2, -0.15) is 0 Å². The molecule has 0 heterocycles. The highest BCUT2D eigenvalue weighted by atomic mass is 19.1. The summed E-state index contributed by atoms with van der Waals surface area (Å²) < 4.78 is 13.4. The van der Waals surface area contributed by atoms with Crippen molar-refractivity contribution in [3.63, 3.8) is 0 Å². The number of unbranched alkanes of at least 4 members (excludes halogenated alkanes) is 1. The van der Waals surface area contributed by atoms with Crippen LogP contribution in [0.4, 0.5) is 4.39 Å². The van der Waals surface area contributed by atoms with E-state index in [1.54, 1.807) is 13.1 Å². The number of hydrogen-bond acceptors (Lipinski definition) is 2. The van der Waals surface area contributed by atoms with E-state index in [-0.39, 0.29) is 5.82 Å². The highest BCUT2D eigenvalue weighted by Gasteiger charge is 2.13. The number of rotatable bonds is 6. The Kier molecular flexibility index (Phi) is 5.99. The van der Waals surface area contributed by atoms with Gasteiger partial charge in [0.1, 0.15) is 5.82 Å². The van der Waals surface area contributed by atoms with Crippen molar-refractivity contribution < 1.29 is 4.39 Å². The van der Waals surface area contributed by atoms with Crippen LogP contribution in [0.3, 0.4) is 0 Å². The summed E-state index contributed by atoms with van der Waals surface area (Å²) in [5.74, 6) is 0.155. The summed E-state index contributed by atoms with van der Waals surface area (Å²) in [7, 11) is 1.77. The minimum atomic E-state index is -0.177. The molecule has 0 fully saturated rings. The van der Waals surface area contributed by atoms with E-state index in [0.29, 0.717) is 5.92 Å². The van der Waals surface area contributed by atoms with E-state index < -0.39 is 0 Å². The third-order valence-corrected chi connectivity index (χ3v) is 3.36. The molecule has 2 nitrogen and oxygen atoms in total. The lowest BCUT2D eigenvalue weighted by Crippen LogP contribution is -2.06. The molecule has 2 N–H and O–H groups in total. The van der Waals surface area contributed by atoms with Gasteiger partial charge in [-0.25, -0.2) is 4.39 Å². The molecule has 0 radical (unpaired) electrons. The van der Waals surface area contributed by atoms with Gasteiger partial charge in [0, 0.05) is 12.8 Å². The molecule has 3 heteroatoms. The van der Waals surface area contributed by atoms with Crippen LogP contribution in [0.5, 0.6) is 0 Å². The summed E-state index contributed by atoms with van der Waals surface area (Å²) in [5.41, 5.74) is 8.56. The smallest absolute Gasteiger partial charge is 0.123 e. The first-order chi connectivity index (χ1) is 8.60. The van der Waals surface area contributed by atoms with Crippen LogP contribution in [0.2, 0.25) is 0 Å². The maximum Gasteiger partial charge on any atom is 0.123 e. The van der Waals surface area contributed by atoms with Crippen molar-refractivity contribution in [1.82, 2.24) is 0 Å². The number of benzene rings is 1. The van der Waals surface area contributed by atoms with E-state index in [9.17, 15) is 4.39 Å². The predicted octanol–water partition coefficient (Wildman–Crippen LogP) is 3.50. The van der Waals surface area contributed by atoms with Crippen molar-refractivity contribution in [3.05, 3.63) is 35.1 Å². The van der Waals surface area contributed by atoms with Gasteiger partial charge in [0.05, 0.1) is 0 Å². The Morgan fingerprint density at radius 2 is 2.11 bits per heavy atom. The summed E-state index contributed by atoms with van der Waals surface area (Å²) in [6, 6.07) is 4.96. The minimum absolute atomic E-state index is 0.177. The molecular formula is C15H23FN2. The van der Waals surface area contributed by atoms with Crippen molar-refractivity contribution in [2.24, 2.45) is 10.7 Å². The average Bonchev–Trinajstić information content (AvgIpc) is 2.38. The van der Waals surface area contributed by atoms with Gasteiger partial charge in [0.15, 0.2) is 0 Å². The Labute approximate surface area is 109 Å². The van der Waals surface area contributed by atoms with Crippen molar-refractivity contribution in [1.29, 1.82) is 0 Å². The molecule has 1 aromatic rings. The normalized spacial score (nSPS) is 13.7. The summed E-state index contributed by atoms with van der Waals surface area (Å²) >= 11 is 0. The molecule has 0 aromatic heterocycles. The van der Waals surface area contributed by atoms with E-state index in [1.165, 1.54) is 6.07 Å². The van der Waals surface area contributed by atoms with Gasteiger partial charge in [0.25, 0.3) is 0 Å². The zero-order valence-electron chi connectivity index (χ0n) is 11.5. The molecule has 0 saturated carbocycles. The maximum atomic E-state index is 13.4. The minimum Gasteiger partial charge on any atom is -0.330 e. The fourth-order valence-corrected chi connectivity index (χ4v) is 2.14. The Morgan fingerprint density at radius 3 is 2.72 bits per heavy atom. The fraction of sp³-hybridized carbons (Fsp3) is 0.533. The lowest BCUT2D eigenvalue weighted by atomic mass is 9.90. The molecule has 0 aliphatic heterocycles. The quantitative estimate of drug-likeness (QED) is 0.609. The topological polar surface area (TPSA) is 38.4 Å². The first-order valence-corrected chi connectivity index (χ1v) is 6.53. The van der Waals surface area contributed by atoms with Crippen LogP contribution in [-0.2, 0) is 0 Å². The van der Waals surface area contributed by atoms with Crippen LogP contribution in [0, 0.1) is 5.82 Å². The summed E-state index contributed by atoms with van der Waals surface area (Å²) in [5, 5.41) is 0. The van der Waals surface area contributed by atoms with Gasteiger partial charge >= 0.3 is 0 Å². The van der Waals surface area contributed by atoms with E-state index in [0.717, 1.165) is 42.6 Å². The summed E-state index contributed by atoms with van der Waals surface area (Å²) in [6.45, 7) is 4.82. The van der Waals surface area contributed by atoms with Crippen LogP contribution in [0.15, 0.2) is 23.2 Å². The van der Waals surface area contributed by atoms with Crippen LogP contribution >= 0.6 is 0 Å². The number of hydrogen-bond donors (Lipinski definition) is 1. The second-order valence-corrected chi connectivity index (χ2v) is 4.73. The maximum absolute atomic E-state index is 13.4. The molecule has 0 aliphatic carbocycles. The van der Waals surface area contributed by atoms with Crippen molar-refractivity contribution in [2.75, 3.05) is 13.6 Å². The second kappa shape index (κ2) is 7.27. The standard InChI is InChI=1S/C15H23FN2/c1-11(6-4-5-9-17)15-10-13(16)7-8-14(15)12(2)18-3/h7-8,10-11H,4-6,9,17H2,1-3H3. The third-order valence-electron chi connectivity index (χ3n) is 3.36. The van der Waals surface area contributed by atoms with Gasteiger partial charge in [-0.3, -0.25) is 4.99 Å². The Bertz CT molecular complexity index is 413. The molecule has 100 valence electrons. The largest absolute Gasteiger partial charge is 0.330 e. The molecule has 1 aromatic carbocycles. The third kappa shape index (κ3) is 3.91. The Balaban J connectivity index is 2.94. The lowest BCUT2D eigenvalue weighted by Gasteiger charge is -2.16. The molecule has 18 heavy (non-hydrogen) atoms. The van der Waals surface area contributed by atoms with Crippen LogP contribution in [-0.4, -0.2) is 19.3 Å². The molecule has 1 atom stereocenters. The lowest BCUT2D eigenvalue weighted by molar-refractivity contribution is 0.593. The summed E-state index contributed by atoms with van der Waals surface area (Å²) in [6.07, 6.45) is 3.14. The average molecular weight is 250 g/mol. The Morgan fingerprint density at radius 1 is 1.39 bits per heavy atom. The van der Waals surface area contributed by atoms with Crippen molar-refractivity contribution in [3.8, 4) is 0 Å². The number of nitrogens with zero attached hydrogens (tertiary/aromatic N) is 1. The second-order valence-electron chi connectivity index (χ2n) is 4.73. The van der Waals surface area contributed by atoms with Gasteiger partial charge in [-0.1, -0.05) is 13.3 Å². The highest BCUT2D eigenvalue weighted by Crippen LogP contribution is 2.26. The SMILES string of the molecule is CN=C(C)c1ccc(F)cc1C(C)CCCCN. The molecule has 0 bridgehead atoms. The van der Waals surface area contributed by atoms with Crippen LogP contribution in [0.1, 0.15) is 50.2 Å². The van der Waals surface area contributed by atoms with Gasteiger partial charge in [-0.15, -0.1) is 0 Å². The first kappa shape index (κ1) is 14.8. The van der Waals surface area contributed by atoms with Crippen molar-refractivity contribution >= 4 is 5.71 Å². The van der Waals surface area contributed by atoms with E-state index in [1.807, 2.05) is 13.0 Å². The molecule has 0 saturated heterocycles. The number of halogens is 1. The zero-order valence-corrected chi connectivity index (χ0v) is 11.5. The van der Waals surface area contributed by atoms with Gasteiger partial charge < -0.3 is 5.73 Å².